The van der Waals surface area contributed by atoms with E-state index in [0.29, 0.717) is 24.2 Å². The van der Waals surface area contributed by atoms with Gasteiger partial charge in [0, 0.05) is 6.42 Å². The summed E-state index contributed by atoms with van der Waals surface area (Å²) in [5, 5.41) is 3.68. The van der Waals surface area contributed by atoms with Crippen LogP contribution in [-0.2, 0) is 6.42 Å². The molecule has 0 amide bonds. The van der Waals surface area contributed by atoms with Crippen molar-refractivity contribution in [2.75, 3.05) is 6.54 Å². The standard InChI is InChI=1S/C7H13N3O/c1-5(4-8)3-7-9-6(2)10-11-7/h5H,3-4,8H2,1-2H3. The highest BCUT2D eigenvalue weighted by atomic mass is 16.5. The highest BCUT2D eigenvalue weighted by Crippen LogP contribution is 2.04. The molecule has 2 N–H and O–H groups in total. The lowest BCUT2D eigenvalue weighted by molar-refractivity contribution is 0.356. The monoisotopic (exact) mass is 155 g/mol. The van der Waals surface area contributed by atoms with E-state index in [0.717, 1.165) is 6.42 Å². The van der Waals surface area contributed by atoms with Crippen molar-refractivity contribution in [2.24, 2.45) is 11.7 Å². The first-order valence-electron chi connectivity index (χ1n) is 3.71. The van der Waals surface area contributed by atoms with E-state index >= 15 is 0 Å². The Labute approximate surface area is 65.8 Å². The molecule has 0 saturated heterocycles. The molecule has 11 heavy (non-hydrogen) atoms. The van der Waals surface area contributed by atoms with Crippen molar-refractivity contribution in [3.8, 4) is 0 Å². The summed E-state index contributed by atoms with van der Waals surface area (Å²) in [7, 11) is 0. The van der Waals surface area contributed by atoms with E-state index in [1.54, 1.807) is 6.92 Å². The van der Waals surface area contributed by atoms with Crippen LogP contribution in [0.25, 0.3) is 0 Å². The van der Waals surface area contributed by atoms with E-state index in [2.05, 4.69) is 17.1 Å². The van der Waals surface area contributed by atoms with E-state index in [1.165, 1.54) is 0 Å². The average molecular weight is 155 g/mol. The fraction of sp³-hybridized carbons (Fsp3) is 0.714. The summed E-state index contributed by atoms with van der Waals surface area (Å²) in [6.07, 6.45) is 0.775. The van der Waals surface area contributed by atoms with Gasteiger partial charge in [-0.3, -0.25) is 0 Å². The van der Waals surface area contributed by atoms with Gasteiger partial charge in [0.2, 0.25) is 5.89 Å². The average Bonchev–Trinajstić information content (AvgIpc) is 2.35. The molecule has 0 aliphatic carbocycles. The van der Waals surface area contributed by atoms with E-state index in [9.17, 15) is 0 Å². The minimum absolute atomic E-state index is 0.412. The van der Waals surface area contributed by atoms with Gasteiger partial charge in [-0.15, -0.1) is 0 Å². The summed E-state index contributed by atoms with van der Waals surface area (Å²) in [6, 6.07) is 0. The maximum atomic E-state index is 5.44. The number of nitrogens with two attached hydrogens (primary N) is 1. The summed E-state index contributed by atoms with van der Waals surface area (Å²) in [5.41, 5.74) is 5.44. The predicted molar refractivity (Wildman–Crippen MR) is 41.0 cm³/mol. The van der Waals surface area contributed by atoms with E-state index < -0.39 is 0 Å². The number of hydrogen-bond donors (Lipinski definition) is 1. The van der Waals surface area contributed by atoms with Crippen LogP contribution >= 0.6 is 0 Å². The maximum Gasteiger partial charge on any atom is 0.226 e. The van der Waals surface area contributed by atoms with Gasteiger partial charge in [0.25, 0.3) is 0 Å². The maximum absolute atomic E-state index is 5.44. The van der Waals surface area contributed by atoms with Gasteiger partial charge in [-0.25, -0.2) is 0 Å². The smallest absolute Gasteiger partial charge is 0.226 e. The van der Waals surface area contributed by atoms with Gasteiger partial charge in [0.1, 0.15) is 0 Å². The first kappa shape index (κ1) is 8.20. The lowest BCUT2D eigenvalue weighted by Crippen LogP contribution is -2.13. The molecule has 0 fully saturated rings. The number of aryl methyl sites for hydroxylation is 1. The number of aromatic nitrogens is 2. The highest BCUT2D eigenvalue weighted by molar-refractivity contribution is 4.84. The van der Waals surface area contributed by atoms with Crippen LogP contribution in [0.3, 0.4) is 0 Å². The zero-order chi connectivity index (χ0) is 8.27. The van der Waals surface area contributed by atoms with E-state index in [1.807, 2.05) is 0 Å². The van der Waals surface area contributed by atoms with Crippen LogP contribution in [0, 0.1) is 12.8 Å². The molecule has 0 aromatic carbocycles. The summed E-state index contributed by atoms with van der Waals surface area (Å²) >= 11 is 0. The molecule has 1 aromatic heterocycles. The first-order valence-corrected chi connectivity index (χ1v) is 3.71. The lowest BCUT2D eigenvalue weighted by atomic mass is 10.1. The molecule has 1 atom stereocenters. The topological polar surface area (TPSA) is 64.9 Å². The molecule has 0 saturated carbocycles. The molecule has 62 valence electrons. The quantitative estimate of drug-likeness (QED) is 0.691. The normalized spacial score (nSPS) is 13.4. The molecule has 1 heterocycles. The molecule has 4 heteroatoms. The largest absolute Gasteiger partial charge is 0.339 e. The van der Waals surface area contributed by atoms with Crippen LogP contribution in [0.15, 0.2) is 4.52 Å². The first-order chi connectivity index (χ1) is 5.22. The Hall–Kier alpha value is -0.900. The molecule has 0 bridgehead atoms. The Bertz CT molecular complexity index is 221. The van der Waals surface area contributed by atoms with Crippen molar-refractivity contribution in [2.45, 2.75) is 20.3 Å². The molecule has 0 radical (unpaired) electrons. The molecular formula is C7H13N3O. The Morgan fingerprint density at radius 3 is 2.82 bits per heavy atom. The van der Waals surface area contributed by atoms with Crippen molar-refractivity contribution in [3.63, 3.8) is 0 Å². The number of rotatable bonds is 3. The van der Waals surface area contributed by atoms with Crippen LogP contribution in [0.1, 0.15) is 18.6 Å². The second kappa shape index (κ2) is 3.48. The van der Waals surface area contributed by atoms with E-state index in [4.69, 9.17) is 10.3 Å². The Morgan fingerprint density at radius 2 is 2.36 bits per heavy atom. The third-order valence-corrected chi connectivity index (χ3v) is 1.50. The van der Waals surface area contributed by atoms with Crippen molar-refractivity contribution < 1.29 is 4.52 Å². The minimum Gasteiger partial charge on any atom is -0.339 e. The fourth-order valence-electron chi connectivity index (χ4n) is 0.804. The van der Waals surface area contributed by atoms with Crippen LogP contribution < -0.4 is 5.73 Å². The highest BCUT2D eigenvalue weighted by Gasteiger charge is 2.06. The molecule has 1 unspecified atom stereocenters. The van der Waals surface area contributed by atoms with Crippen LogP contribution in [0.5, 0.6) is 0 Å². The van der Waals surface area contributed by atoms with Crippen LogP contribution in [0.4, 0.5) is 0 Å². The summed E-state index contributed by atoms with van der Waals surface area (Å²) in [6.45, 7) is 4.51. The molecule has 0 aliphatic heterocycles. The Kier molecular flexibility index (Phi) is 2.59. The van der Waals surface area contributed by atoms with Crippen molar-refractivity contribution in [1.82, 2.24) is 10.1 Å². The van der Waals surface area contributed by atoms with Gasteiger partial charge in [0.05, 0.1) is 0 Å². The number of hydrogen-bond acceptors (Lipinski definition) is 4. The van der Waals surface area contributed by atoms with Gasteiger partial charge in [0.15, 0.2) is 5.82 Å². The Morgan fingerprint density at radius 1 is 1.64 bits per heavy atom. The Balaban J connectivity index is 2.50. The molecule has 0 spiro atoms. The fourth-order valence-corrected chi connectivity index (χ4v) is 0.804. The molecular weight excluding hydrogens is 142 g/mol. The van der Waals surface area contributed by atoms with Crippen molar-refractivity contribution >= 4 is 0 Å². The third-order valence-electron chi connectivity index (χ3n) is 1.50. The minimum atomic E-state index is 0.412. The van der Waals surface area contributed by atoms with Gasteiger partial charge in [-0.1, -0.05) is 12.1 Å². The molecule has 0 aliphatic rings. The van der Waals surface area contributed by atoms with Crippen LogP contribution in [-0.4, -0.2) is 16.7 Å². The summed E-state index contributed by atoms with van der Waals surface area (Å²) in [5.74, 6) is 1.78. The van der Waals surface area contributed by atoms with Crippen molar-refractivity contribution in [3.05, 3.63) is 11.7 Å². The second-order valence-corrected chi connectivity index (χ2v) is 2.78. The van der Waals surface area contributed by atoms with Gasteiger partial charge in [-0.2, -0.15) is 4.98 Å². The van der Waals surface area contributed by atoms with Gasteiger partial charge >= 0.3 is 0 Å². The predicted octanol–water partition coefficient (Wildman–Crippen LogP) is 0.515. The lowest BCUT2D eigenvalue weighted by Gasteiger charge is -2.01. The zero-order valence-corrected chi connectivity index (χ0v) is 6.87. The van der Waals surface area contributed by atoms with Gasteiger partial charge in [-0.05, 0) is 19.4 Å². The van der Waals surface area contributed by atoms with Crippen molar-refractivity contribution in [1.29, 1.82) is 0 Å². The second-order valence-electron chi connectivity index (χ2n) is 2.78. The summed E-state index contributed by atoms with van der Waals surface area (Å²) < 4.78 is 4.92. The third kappa shape index (κ3) is 2.31. The van der Waals surface area contributed by atoms with Gasteiger partial charge < -0.3 is 10.3 Å². The molecule has 1 aromatic rings. The summed E-state index contributed by atoms with van der Waals surface area (Å²) in [4.78, 5) is 4.07. The zero-order valence-electron chi connectivity index (χ0n) is 6.87. The van der Waals surface area contributed by atoms with Crippen LogP contribution in [0.2, 0.25) is 0 Å². The van der Waals surface area contributed by atoms with E-state index in [-0.39, 0.29) is 0 Å². The number of nitrogens with zero attached hydrogens (tertiary/aromatic N) is 2. The SMILES string of the molecule is Cc1noc(CC(C)CN)n1. The molecule has 1 rings (SSSR count). The molecule has 4 nitrogen and oxygen atoms in total.